The Morgan fingerprint density at radius 2 is 1.95 bits per heavy atom. The standard InChI is InChI=1S/C16H27NO2.ClH/c1-4-9-19-16-7-6-13(8-10-18-3)11-14(16)12-15(17)5-2;/h6-7,11,15H,4-5,8-10,12,17H2,1-3H3;1H. The molecule has 1 unspecified atom stereocenters. The Morgan fingerprint density at radius 3 is 2.55 bits per heavy atom. The van der Waals surface area contributed by atoms with Crippen molar-refractivity contribution in [3.8, 4) is 5.75 Å². The van der Waals surface area contributed by atoms with E-state index >= 15 is 0 Å². The van der Waals surface area contributed by atoms with Gasteiger partial charge in [-0.05, 0) is 42.9 Å². The fourth-order valence-corrected chi connectivity index (χ4v) is 1.95. The molecule has 1 aromatic carbocycles. The van der Waals surface area contributed by atoms with Crippen LogP contribution in [0.15, 0.2) is 18.2 Å². The van der Waals surface area contributed by atoms with E-state index in [0.29, 0.717) is 0 Å². The Morgan fingerprint density at radius 1 is 1.20 bits per heavy atom. The molecule has 0 spiro atoms. The van der Waals surface area contributed by atoms with Crippen molar-refractivity contribution in [2.24, 2.45) is 5.73 Å². The number of rotatable bonds is 9. The summed E-state index contributed by atoms with van der Waals surface area (Å²) in [6.07, 6.45) is 3.80. The molecule has 0 heterocycles. The normalized spacial score (nSPS) is 11.8. The van der Waals surface area contributed by atoms with Crippen LogP contribution >= 0.6 is 12.4 Å². The summed E-state index contributed by atoms with van der Waals surface area (Å²) in [5.41, 5.74) is 8.57. The lowest BCUT2D eigenvalue weighted by atomic mass is 10.0. The van der Waals surface area contributed by atoms with Gasteiger partial charge < -0.3 is 15.2 Å². The van der Waals surface area contributed by atoms with Crippen LogP contribution < -0.4 is 10.5 Å². The number of halogens is 1. The first kappa shape index (κ1) is 19.2. The average molecular weight is 302 g/mol. The van der Waals surface area contributed by atoms with E-state index < -0.39 is 0 Å². The summed E-state index contributed by atoms with van der Waals surface area (Å²) in [7, 11) is 1.73. The van der Waals surface area contributed by atoms with E-state index in [1.165, 1.54) is 11.1 Å². The van der Waals surface area contributed by atoms with Crippen LogP contribution in [-0.2, 0) is 17.6 Å². The Balaban J connectivity index is 0.00000361. The molecule has 0 bridgehead atoms. The highest BCUT2D eigenvalue weighted by molar-refractivity contribution is 5.85. The molecule has 0 saturated heterocycles. The first-order chi connectivity index (χ1) is 9.21. The summed E-state index contributed by atoms with van der Waals surface area (Å²) in [5.74, 6) is 0.979. The first-order valence-electron chi connectivity index (χ1n) is 7.20. The van der Waals surface area contributed by atoms with Crippen molar-refractivity contribution in [3.05, 3.63) is 29.3 Å². The number of benzene rings is 1. The predicted octanol–water partition coefficient (Wildman–Crippen LogP) is 3.37. The predicted molar refractivity (Wildman–Crippen MR) is 87.0 cm³/mol. The topological polar surface area (TPSA) is 44.5 Å². The van der Waals surface area contributed by atoms with E-state index in [2.05, 4.69) is 32.0 Å². The maximum absolute atomic E-state index is 6.07. The van der Waals surface area contributed by atoms with Crippen LogP contribution in [0.1, 0.15) is 37.8 Å². The van der Waals surface area contributed by atoms with Crippen molar-refractivity contribution in [1.29, 1.82) is 0 Å². The molecule has 0 aliphatic rings. The summed E-state index contributed by atoms with van der Waals surface area (Å²) in [5, 5.41) is 0. The van der Waals surface area contributed by atoms with E-state index in [1.54, 1.807) is 7.11 Å². The first-order valence-corrected chi connectivity index (χ1v) is 7.20. The van der Waals surface area contributed by atoms with Crippen molar-refractivity contribution in [3.63, 3.8) is 0 Å². The summed E-state index contributed by atoms with van der Waals surface area (Å²) in [4.78, 5) is 0. The van der Waals surface area contributed by atoms with E-state index in [1.807, 2.05) is 0 Å². The molecule has 2 N–H and O–H groups in total. The highest BCUT2D eigenvalue weighted by Gasteiger charge is 2.09. The highest BCUT2D eigenvalue weighted by Crippen LogP contribution is 2.22. The molecule has 0 amide bonds. The third-order valence-electron chi connectivity index (χ3n) is 3.19. The van der Waals surface area contributed by atoms with E-state index in [0.717, 1.165) is 44.6 Å². The van der Waals surface area contributed by atoms with Gasteiger partial charge in [0.2, 0.25) is 0 Å². The number of hydrogen-bond donors (Lipinski definition) is 1. The molecule has 20 heavy (non-hydrogen) atoms. The van der Waals surface area contributed by atoms with Crippen molar-refractivity contribution >= 4 is 12.4 Å². The number of hydrogen-bond acceptors (Lipinski definition) is 3. The molecule has 0 radical (unpaired) electrons. The second kappa shape index (κ2) is 11.0. The van der Waals surface area contributed by atoms with Crippen LogP contribution in [0, 0.1) is 0 Å². The van der Waals surface area contributed by atoms with Gasteiger partial charge in [0.1, 0.15) is 5.75 Å². The number of ether oxygens (including phenoxy) is 2. The Hall–Kier alpha value is -0.770. The van der Waals surface area contributed by atoms with Gasteiger partial charge in [0, 0.05) is 13.2 Å². The molecule has 4 heteroatoms. The van der Waals surface area contributed by atoms with Gasteiger partial charge in [0.05, 0.1) is 13.2 Å². The van der Waals surface area contributed by atoms with Gasteiger partial charge in [-0.3, -0.25) is 0 Å². The fourth-order valence-electron chi connectivity index (χ4n) is 1.95. The van der Waals surface area contributed by atoms with Gasteiger partial charge in [-0.25, -0.2) is 0 Å². The van der Waals surface area contributed by atoms with Crippen molar-refractivity contribution in [2.75, 3.05) is 20.3 Å². The quantitative estimate of drug-likeness (QED) is 0.760. The third kappa shape index (κ3) is 6.60. The van der Waals surface area contributed by atoms with Gasteiger partial charge in [-0.1, -0.05) is 26.0 Å². The summed E-state index contributed by atoms with van der Waals surface area (Å²) in [6.45, 7) is 5.73. The minimum absolute atomic E-state index is 0. The molecule has 3 nitrogen and oxygen atoms in total. The van der Waals surface area contributed by atoms with Gasteiger partial charge in [-0.15, -0.1) is 12.4 Å². The van der Waals surface area contributed by atoms with E-state index in [4.69, 9.17) is 15.2 Å². The van der Waals surface area contributed by atoms with Gasteiger partial charge >= 0.3 is 0 Å². The van der Waals surface area contributed by atoms with Gasteiger partial charge in [0.25, 0.3) is 0 Å². The van der Waals surface area contributed by atoms with Crippen LogP contribution in [0.5, 0.6) is 5.75 Å². The lowest BCUT2D eigenvalue weighted by Crippen LogP contribution is -2.22. The minimum Gasteiger partial charge on any atom is -0.493 e. The summed E-state index contributed by atoms with van der Waals surface area (Å²) >= 11 is 0. The molecule has 0 aromatic heterocycles. The van der Waals surface area contributed by atoms with Crippen LogP contribution in [0.25, 0.3) is 0 Å². The maximum Gasteiger partial charge on any atom is 0.122 e. The second-order valence-corrected chi connectivity index (χ2v) is 4.91. The third-order valence-corrected chi connectivity index (χ3v) is 3.19. The number of methoxy groups -OCH3 is 1. The monoisotopic (exact) mass is 301 g/mol. The van der Waals surface area contributed by atoms with Crippen molar-refractivity contribution in [1.82, 2.24) is 0 Å². The van der Waals surface area contributed by atoms with Crippen LogP contribution in [0.2, 0.25) is 0 Å². The lowest BCUT2D eigenvalue weighted by molar-refractivity contribution is 0.202. The summed E-state index contributed by atoms with van der Waals surface area (Å²) in [6, 6.07) is 6.59. The molecular weight excluding hydrogens is 274 g/mol. The molecule has 1 rings (SSSR count). The maximum atomic E-state index is 6.07. The molecular formula is C16H28ClNO2. The van der Waals surface area contributed by atoms with Gasteiger partial charge in [0.15, 0.2) is 0 Å². The van der Waals surface area contributed by atoms with Crippen LogP contribution in [0.4, 0.5) is 0 Å². The van der Waals surface area contributed by atoms with Crippen LogP contribution in [0.3, 0.4) is 0 Å². The van der Waals surface area contributed by atoms with Crippen molar-refractivity contribution in [2.45, 2.75) is 45.6 Å². The van der Waals surface area contributed by atoms with E-state index in [9.17, 15) is 0 Å². The van der Waals surface area contributed by atoms with Gasteiger partial charge in [-0.2, -0.15) is 0 Å². The van der Waals surface area contributed by atoms with Crippen molar-refractivity contribution < 1.29 is 9.47 Å². The lowest BCUT2D eigenvalue weighted by Gasteiger charge is -2.15. The fraction of sp³-hybridized carbons (Fsp3) is 0.625. The smallest absolute Gasteiger partial charge is 0.122 e. The SMILES string of the molecule is CCCOc1ccc(CCOC)cc1CC(N)CC.Cl. The molecule has 0 fully saturated rings. The molecule has 116 valence electrons. The van der Waals surface area contributed by atoms with E-state index in [-0.39, 0.29) is 18.4 Å². The zero-order valence-electron chi connectivity index (χ0n) is 12.9. The minimum atomic E-state index is 0. The Kier molecular flexibility index (Phi) is 10.5. The molecule has 0 saturated carbocycles. The zero-order valence-corrected chi connectivity index (χ0v) is 13.7. The largest absolute Gasteiger partial charge is 0.493 e. The average Bonchev–Trinajstić information content (AvgIpc) is 2.43. The molecule has 1 aromatic rings. The van der Waals surface area contributed by atoms with Crippen LogP contribution in [-0.4, -0.2) is 26.4 Å². The molecule has 1 atom stereocenters. The Bertz CT molecular complexity index is 371. The molecule has 0 aliphatic heterocycles. The zero-order chi connectivity index (χ0) is 14.1. The molecule has 0 aliphatic carbocycles. The highest BCUT2D eigenvalue weighted by atomic mass is 35.5. The number of nitrogens with two attached hydrogens (primary N) is 1. The second-order valence-electron chi connectivity index (χ2n) is 4.91. The summed E-state index contributed by atoms with van der Waals surface area (Å²) < 4.78 is 10.9. The Labute approximate surface area is 129 Å².